The molecule has 2 aromatic carbocycles. The Morgan fingerprint density at radius 3 is 2.86 bits per heavy atom. The molecule has 0 aliphatic carbocycles. The van der Waals surface area contributed by atoms with Gasteiger partial charge in [-0.2, -0.15) is 0 Å². The maximum absolute atomic E-state index is 12.1. The van der Waals surface area contributed by atoms with Crippen LogP contribution in [-0.4, -0.2) is 24.1 Å². The summed E-state index contributed by atoms with van der Waals surface area (Å²) in [5.41, 5.74) is 1.38. The predicted molar refractivity (Wildman–Crippen MR) is 78.2 cm³/mol. The molecule has 2 aromatic rings. The first-order chi connectivity index (χ1) is 10.2. The molecule has 3 rings (SSSR count). The van der Waals surface area contributed by atoms with Crippen LogP contribution < -0.4 is 9.47 Å². The Labute approximate surface area is 122 Å². The van der Waals surface area contributed by atoms with Gasteiger partial charge in [0.2, 0.25) is 0 Å². The van der Waals surface area contributed by atoms with Gasteiger partial charge in [-0.05, 0) is 23.8 Å². The van der Waals surface area contributed by atoms with Crippen LogP contribution in [0.4, 0.5) is 0 Å². The Kier molecular flexibility index (Phi) is 3.52. The van der Waals surface area contributed by atoms with Crippen LogP contribution in [0.15, 0.2) is 42.5 Å². The van der Waals surface area contributed by atoms with E-state index in [9.17, 15) is 9.90 Å². The summed E-state index contributed by atoms with van der Waals surface area (Å²) in [5, 5.41) is 9.99. The van der Waals surface area contributed by atoms with Crippen molar-refractivity contribution in [1.82, 2.24) is 0 Å². The molecule has 1 aliphatic rings. The lowest BCUT2D eigenvalue weighted by molar-refractivity contribution is 0.0850. The lowest BCUT2D eigenvalue weighted by Crippen LogP contribution is -2.28. The van der Waals surface area contributed by atoms with E-state index in [0.29, 0.717) is 29.9 Å². The Balaban J connectivity index is 1.80. The van der Waals surface area contributed by atoms with Crippen molar-refractivity contribution in [2.75, 3.05) is 7.11 Å². The number of rotatable bonds is 3. The molecule has 0 spiro atoms. The van der Waals surface area contributed by atoms with Crippen LogP contribution in [0.25, 0.3) is 0 Å². The van der Waals surface area contributed by atoms with Gasteiger partial charge < -0.3 is 14.6 Å². The molecule has 0 amide bonds. The highest BCUT2D eigenvalue weighted by Crippen LogP contribution is 2.31. The lowest BCUT2D eigenvalue weighted by Gasteiger charge is -2.25. The van der Waals surface area contributed by atoms with Crippen LogP contribution in [0, 0.1) is 0 Å². The van der Waals surface area contributed by atoms with Crippen molar-refractivity contribution in [3.8, 4) is 17.2 Å². The number of fused-ring (bicyclic) bond motifs is 1. The van der Waals surface area contributed by atoms with Gasteiger partial charge >= 0.3 is 0 Å². The van der Waals surface area contributed by atoms with Gasteiger partial charge in [0.15, 0.2) is 5.78 Å². The minimum absolute atomic E-state index is 0.0786. The summed E-state index contributed by atoms with van der Waals surface area (Å²) in [7, 11) is 1.55. The fraction of sp³-hybridized carbons (Fsp3) is 0.235. The number of hydrogen-bond acceptors (Lipinski definition) is 4. The van der Waals surface area contributed by atoms with E-state index in [-0.39, 0.29) is 17.6 Å². The largest absolute Gasteiger partial charge is 0.508 e. The molecular formula is C17H16O4. The molecule has 0 aromatic heterocycles. The number of carbonyl (C=O) groups is 1. The van der Waals surface area contributed by atoms with E-state index in [2.05, 4.69) is 0 Å². The van der Waals surface area contributed by atoms with Crippen molar-refractivity contribution in [3.05, 3.63) is 53.6 Å². The number of methoxy groups -OCH3 is 1. The maximum Gasteiger partial charge on any atom is 0.170 e. The van der Waals surface area contributed by atoms with Crippen LogP contribution in [0.1, 0.15) is 22.3 Å². The smallest absolute Gasteiger partial charge is 0.170 e. The molecule has 0 fully saturated rings. The first-order valence-corrected chi connectivity index (χ1v) is 6.82. The standard InChI is InChI=1S/C17H16O4/c1-20-12-7-6-11(15(18)9-12)8-13-10-16(19)14-4-2-3-5-17(14)21-13/h2-7,9,13,18H,8,10H2,1H3. The average molecular weight is 284 g/mol. The summed E-state index contributed by atoms with van der Waals surface area (Å²) in [6.07, 6.45) is 0.546. The second-order valence-electron chi connectivity index (χ2n) is 5.06. The third kappa shape index (κ3) is 2.70. The third-order valence-corrected chi connectivity index (χ3v) is 3.63. The highest BCUT2D eigenvalue weighted by molar-refractivity contribution is 5.99. The van der Waals surface area contributed by atoms with E-state index < -0.39 is 0 Å². The Morgan fingerprint density at radius 1 is 1.29 bits per heavy atom. The van der Waals surface area contributed by atoms with E-state index in [0.717, 1.165) is 5.56 Å². The molecule has 4 heteroatoms. The van der Waals surface area contributed by atoms with Gasteiger partial charge in [-0.25, -0.2) is 0 Å². The highest BCUT2D eigenvalue weighted by atomic mass is 16.5. The molecule has 4 nitrogen and oxygen atoms in total. The molecule has 1 N–H and O–H groups in total. The Hall–Kier alpha value is -2.49. The second kappa shape index (κ2) is 5.48. The van der Waals surface area contributed by atoms with Gasteiger partial charge in [-0.1, -0.05) is 18.2 Å². The van der Waals surface area contributed by atoms with E-state index in [1.807, 2.05) is 12.1 Å². The van der Waals surface area contributed by atoms with Crippen molar-refractivity contribution in [2.24, 2.45) is 0 Å². The normalized spacial score (nSPS) is 17.0. The van der Waals surface area contributed by atoms with Crippen molar-refractivity contribution < 1.29 is 19.4 Å². The number of ketones is 1. The summed E-state index contributed by atoms with van der Waals surface area (Å²) in [5.74, 6) is 1.45. The van der Waals surface area contributed by atoms with Crippen molar-refractivity contribution >= 4 is 5.78 Å². The van der Waals surface area contributed by atoms with Crippen LogP contribution in [0.2, 0.25) is 0 Å². The third-order valence-electron chi connectivity index (χ3n) is 3.63. The number of aromatic hydroxyl groups is 1. The summed E-state index contributed by atoms with van der Waals surface area (Å²) in [4.78, 5) is 12.1. The number of carbonyl (C=O) groups excluding carboxylic acids is 1. The van der Waals surface area contributed by atoms with E-state index in [1.165, 1.54) is 0 Å². The average Bonchev–Trinajstić information content (AvgIpc) is 2.49. The predicted octanol–water partition coefficient (Wildman–Crippen LogP) is 2.98. The minimum Gasteiger partial charge on any atom is -0.508 e. The second-order valence-corrected chi connectivity index (χ2v) is 5.06. The van der Waals surface area contributed by atoms with E-state index >= 15 is 0 Å². The van der Waals surface area contributed by atoms with E-state index in [1.54, 1.807) is 37.4 Å². The highest BCUT2D eigenvalue weighted by Gasteiger charge is 2.26. The Bertz CT molecular complexity index is 678. The molecule has 0 bridgehead atoms. The summed E-state index contributed by atoms with van der Waals surface area (Å²) >= 11 is 0. The van der Waals surface area contributed by atoms with Gasteiger partial charge in [-0.3, -0.25) is 4.79 Å². The molecule has 1 atom stereocenters. The zero-order chi connectivity index (χ0) is 14.8. The van der Waals surface area contributed by atoms with Crippen LogP contribution in [0.5, 0.6) is 17.2 Å². The van der Waals surface area contributed by atoms with Crippen molar-refractivity contribution in [1.29, 1.82) is 0 Å². The SMILES string of the molecule is COc1ccc(CC2CC(=O)c3ccccc3O2)c(O)c1. The minimum atomic E-state index is -0.258. The molecule has 1 heterocycles. The number of ether oxygens (including phenoxy) is 2. The van der Waals surface area contributed by atoms with Crippen LogP contribution >= 0.6 is 0 Å². The number of phenolic OH excluding ortho intramolecular Hbond substituents is 1. The molecular weight excluding hydrogens is 268 g/mol. The summed E-state index contributed by atoms with van der Waals surface area (Å²) in [6.45, 7) is 0. The molecule has 0 saturated heterocycles. The first-order valence-electron chi connectivity index (χ1n) is 6.82. The molecule has 1 unspecified atom stereocenters. The monoisotopic (exact) mass is 284 g/mol. The molecule has 21 heavy (non-hydrogen) atoms. The van der Waals surface area contributed by atoms with E-state index in [4.69, 9.17) is 9.47 Å². The van der Waals surface area contributed by atoms with Gasteiger partial charge in [-0.15, -0.1) is 0 Å². The molecule has 1 aliphatic heterocycles. The van der Waals surface area contributed by atoms with Gasteiger partial charge in [0.05, 0.1) is 12.7 Å². The zero-order valence-corrected chi connectivity index (χ0v) is 11.7. The number of hydrogen-bond donors (Lipinski definition) is 1. The lowest BCUT2D eigenvalue weighted by atomic mass is 9.96. The first kappa shape index (κ1) is 13.5. The quantitative estimate of drug-likeness (QED) is 0.941. The van der Waals surface area contributed by atoms with Gasteiger partial charge in [0.1, 0.15) is 23.4 Å². The fourth-order valence-corrected chi connectivity index (χ4v) is 2.54. The number of phenols is 1. The van der Waals surface area contributed by atoms with Crippen molar-refractivity contribution in [2.45, 2.75) is 18.9 Å². The number of Topliss-reactive ketones (excluding diaryl/α,β-unsaturated/α-hetero) is 1. The zero-order valence-electron chi connectivity index (χ0n) is 11.7. The fourth-order valence-electron chi connectivity index (χ4n) is 2.54. The molecule has 0 saturated carbocycles. The topological polar surface area (TPSA) is 55.8 Å². The summed E-state index contributed by atoms with van der Waals surface area (Å²) < 4.78 is 10.9. The summed E-state index contributed by atoms with van der Waals surface area (Å²) in [6, 6.07) is 12.4. The maximum atomic E-state index is 12.1. The van der Waals surface area contributed by atoms with Crippen LogP contribution in [-0.2, 0) is 6.42 Å². The Morgan fingerprint density at radius 2 is 2.10 bits per heavy atom. The molecule has 0 radical (unpaired) electrons. The van der Waals surface area contributed by atoms with Gasteiger partial charge in [0, 0.05) is 18.9 Å². The van der Waals surface area contributed by atoms with Crippen molar-refractivity contribution in [3.63, 3.8) is 0 Å². The van der Waals surface area contributed by atoms with Crippen LogP contribution in [0.3, 0.4) is 0 Å². The molecule has 108 valence electrons. The number of para-hydroxylation sites is 1. The number of benzene rings is 2. The van der Waals surface area contributed by atoms with Gasteiger partial charge in [0.25, 0.3) is 0 Å².